The van der Waals surface area contributed by atoms with Crippen LogP contribution in [0.15, 0.2) is 30.3 Å². The van der Waals surface area contributed by atoms with Gasteiger partial charge in [-0.1, -0.05) is 0 Å². The molecule has 1 aromatic carbocycles. The lowest BCUT2D eigenvalue weighted by atomic mass is 10.1. The number of anilines is 1. The summed E-state index contributed by atoms with van der Waals surface area (Å²) in [5, 5.41) is 0. The van der Waals surface area contributed by atoms with E-state index in [1.165, 1.54) is 0 Å². The monoisotopic (exact) mass is 270 g/mol. The first kappa shape index (κ1) is 12.3. The first-order valence-electron chi connectivity index (χ1n) is 6.06. The number of aromatic amines is 1. The van der Waals surface area contributed by atoms with Gasteiger partial charge in [0, 0.05) is 17.3 Å². The van der Waals surface area contributed by atoms with Crippen LogP contribution in [0.1, 0.15) is 0 Å². The molecule has 0 saturated heterocycles. The van der Waals surface area contributed by atoms with Crippen molar-refractivity contribution in [2.45, 2.75) is 0 Å². The molecule has 0 fully saturated rings. The van der Waals surface area contributed by atoms with Crippen molar-refractivity contribution in [2.24, 2.45) is 0 Å². The summed E-state index contributed by atoms with van der Waals surface area (Å²) in [6.07, 6.45) is 0. The van der Waals surface area contributed by atoms with E-state index in [0.717, 1.165) is 16.8 Å². The molecule has 0 spiro atoms. The third-order valence-electron chi connectivity index (χ3n) is 3.05. The molecule has 3 aromatic rings. The van der Waals surface area contributed by atoms with Crippen LogP contribution >= 0.6 is 0 Å². The lowest BCUT2D eigenvalue weighted by Crippen LogP contribution is -1.93. The van der Waals surface area contributed by atoms with E-state index >= 15 is 0 Å². The van der Waals surface area contributed by atoms with Gasteiger partial charge in [0.1, 0.15) is 11.6 Å². The number of H-pyrrole nitrogens is 1. The molecule has 0 atom stereocenters. The standard InChI is InChI=1S/C14H14N4O2/c1-19-8-3-4-10(15)9(7-8)13-16-11-5-6-12(20-2)17-14(11)18-13/h3-7H,15H2,1-2H3,(H,16,17,18). The van der Waals surface area contributed by atoms with Crippen LogP contribution in [0.4, 0.5) is 5.69 Å². The molecular formula is C14H14N4O2. The number of nitrogen functional groups attached to an aromatic ring is 1. The molecule has 102 valence electrons. The quantitative estimate of drug-likeness (QED) is 0.713. The number of nitrogens with zero attached hydrogens (tertiary/aromatic N) is 2. The van der Waals surface area contributed by atoms with Crippen molar-refractivity contribution < 1.29 is 9.47 Å². The predicted molar refractivity (Wildman–Crippen MR) is 76.8 cm³/mol. The highest BCUT2D eigenvalue weighted by Crippen LogP contribution is 2.29. The zero-order chi connectivity index (χ0) is 14.1. The summed E-state index contributed by atoms with van der Waals surface area (Å²) in [4.78, 5) is 11.9. The number of nitrogens with one attached hydrogen (secondary N) is 1. The Balaban J connectivity index is 2.14. The Labute approximate surface area is 115 Å². The van der Waals surface area contributed by atoms with Crippen LogP contribution < -0.4 is 15.2 Å². The van der Waals surface area contributed by atoms with Crippen LogP contribution in [0.5, 0.6) is 11.6 Å². The summed E-state index contributed by atoms with van der Waals surface area (Å²) in [6.45, 7) is 0. The minimum atomic E-state index is 0.522. The second kappa shape index (κ2) is 4.73. The summed E-state index contributed by atoms with van der Waals surface area (Å²) >= 11 is 0. The number of aromatic nitrogens is 3. The van der Waals surface area contributed by atoms with Crippen molar-refractivity contribution in [2.75, 3.05) is 20.0 Å². The molecule has 20 heavy (non-hydrogen) atoms. The SMILES string of the molecule is COc1ccc(N)c(-c2nc3nc(OC)ccc3[nH]2)c1. The Morgan fingerprint density at radius 2 is 1.90 bits per heavy atom. The van der Waals surface area contributed by atoms with Gasteiger partial charge in [0.15, 0.2) is 5.65 Å². The fourth-order valence-electron chi connectivity index (χ4n) is 1.98. The Kier molecular flexibility index (Phi) is 2.90. The molecule has 2 heterocycles. The molecule has 0 radical (unpaired) electrons. The Bertz CT molecular complexity index is 767. The van der Waals surface area contributed by atoms with Gasteiger partial charge in [0.2, 0.25) is 5.88 Å². The number of fused-ring (bicyclic) bond motifs is 1. The molecule has 3 rings (SSSR count). The van der Waals surface area contributed by atoms with Gasteiger partial charge in [-0.25, -0.2) is 4.98 Å². The van der Waals surface area contributed by atoms with Gasteiger partial charge in [-0.05, 0) is 24.3 Å². The number of hydrogen-bond donors (Lipinski definition) is 2. The third-order valence-corrected chi connectivity index (χ3v) is 3.05. The average Bonchev–Trinajstić information content (AvgIpc) is 2.90. The average molecular weight is 270 g/mol. The lowest BCUT2D eigenvalue weighted by Gasteiger charge is -2.05. The molecule has 0 aliphatic heterocycles. The fourth-order valence-corrected chi connectivity index (χ4v) is 1.98. The smallest absolute Gasteiger partial charge is 0.215 e. The molecule has 0 unspecified atom stereocenters. The normalized spacial score (nSPS) is 10.7. The maximum Gasteiger partial charge on any atom is 0.215 e. The Morgan fingerprint density at radius 3 is 2.65 bits per heavy atom. The molecule has 0 saturated carbocycles. The van der Waals surface area contributed by atoms with Crippen LogP contribution in [0.3, 0.4) is 0 Å². The van der Waals surface area contributed by atoms with E-state index in [1.54, 1.807) is 26.4 Å². The Morgan fingerprint density at radius 1 is 1.05 bits per heavy atom. The van der Waals surface area contributed by atoms with Gasteiger partial charge in [-0.2, -0.15) is 4.98 Å². The summed E-state index contributed by atoms with van der Waals surface area (Å²) < 4.78 is 10.3. The van der Waals surface area contributed by atoms with Gasteiger partial charge < -0.3 is 20.2 Å². The number of methoxy groups -OCH3 is 2. The van der Waals surface area contributed by atoms with Crippen molar-refractivity contribution in [3.8, 4) is 23.0 Å². The second-order valence-electron chi connectivity index (χ2n) is 4.26. The van der Waals surface area contributed by atoms with Gasteiger partial charge in [0.25, 0.3) is 0 Å². The van der Waals surface area contributed by atoms with Crippen molar-refractivity contribution in [3.05, 3.63) is 30.3 Å². The van der Waals surface area contributed by atoms with Crippen molar-refractivity contribution in [1.82, 2.24) is 15.0 Å². The number of rotatable bonds is 3. The number of imidazole rings is 1. The predicted octanol–water partition coefficient (Wildman–Crippen LogP) is 2.22. The lowest BCUT2D eigenvalue weighted by molar-refractivity contribution is 0.399. The molecular weight excluding hydrogens is 256 g/mol. The molecule has 0 aliphatic rings. The van der Waals surface area contributed by atoms with Crippen molar-refractivity contribution >= 4 is 16.9 Å². The molecule has 6 heteroatoms. The molecule has 0 amide bonds. The van der Waals surface area contributed by atoms with Crippen molar-refractivity contribution in [3.63, 3.8) is 0 Å². The molecule has 0 aliphatic carbocycles. The maximum atomic E-state index is 5.99. The van der Waals surface area contributed by atoms with Gasteiger partial charge in [0.05, 0.1) is 19.7 Å². The van der Waals surface area contributed by atoms with Gasteiger partial charge >= 0.3 is 0 Å². The second-order valence-corrected chi connectivity index (χ2v) is 4.26. The van der Waals surface area contributed by atoms with Crippen LogP contribution in [-0.2, 0) is 0 Å². The number of ether oxygens (including phenoxy) is 2. The number of pyridine rings is 1. The third kappa shape index (κ3) is 2.01. The Hall–Kier alpha value is -2.76. The van der Waals surface area contributed by atoms with Crippen LogP contribution in [0.25, 0.3) is 22.6 Å². The van der Waals surface area contributed by atoms with Gasteiger partial charge in [-0.3, -0.25) is 0 Å². The highest BCUT2D eigenvalue weighted by Gasteiger charge is 2.11. The first-order valence-corrected chi connectivity index (χ1v) is 6.06. The topological polar surface area (TPSA) is 86.1 Å². The zero-order valence-electron chi connectivity index (χ0n) is 11.2. The van der Waals surface area contributed by atoms with E-state index in [0.29, 0.717) is 23.0 Å². The number of hydrogen-bond acceptors (Lipinski definition) is 5. The molecule has 0 bridgehead atoms. The summed E-state index contributed by atoms with van der Waals surface area (Å²) in [6, 6.07) is 9.08. The van der Waals surface area contributed by atoms with E-state index in [9.17, 15) is 0 Å². The summed E-state index contributed by atoms with van der Waals surface area (Å²) in [7, 11) is 3.18. The fraction of sp³-hybridized carbons (Fsp3) is 0.143. The van der Waals surface area contributed by atoms with Crippen molar-refractivity contribution in [1.29, 1.82) is 0 Å². The maximum absolute atomic E-state index is 5.99. The summed E-state index contributed by atoms with van der Waals surface area (Å²) in [5.41, 5.74) is 8.80. The number of benzene rings is 1. The van der Waals surface area contributed by atoms with E-state index in [4.69, 9.17) is 15.2 Å². The largest absolute Gasteiger partial charge is 0.497 e. The molecule has 6 nitrogen and oxygen atoms in total. The zero-order valence-corrected chi connectivity index (χ0v) is 11.2. The van der Waals surface area contributed by atoms with E-state index in [2.05, 4.69) is 15.0 Å². The molecule has 3 N–H and O–H groups in total. The summed E-state index contributed by atoms with van der Waals surface area (Å²) in [5.74, 6) is 1.89. The number of nitrogens with two attached hydrogens (primary N) is 1. The van der Waals surface area contributed by atoms with Crippen LogP contribution in [0, 0.1) is 0 Å². The van der Waals surface area contributed by atoms with E-state index in [-0.39, 0.29) is 0 Å². The van der Waals surface area contributed by atoms with E-state index in [1.807, 2.05) is 18.2 Å². The molecule has 2 aromatic heterocycles. The van der Waals surface area contributed by atoms with E-state index < -0.39 is 0 Å². The minimum absolute atomic E-state index is 0.522. The van der Waals surface area contributed by atoms with Crippen LogP contribution in [-0.4, -0.2) is 29.2 Å². The first-order chi connectivity index (χ1) is 9.71. The highest BCUT2D eigenvalue weighted by atomic mass is 16.5. The highest BCUT2D eigenvalue weighted by molar-refractivity contribution is 5.81. The van der Waals surface area contributed by atoms with Crippen LogP contribution in [0.2, 0.25) is 0 Å². The minimum Gasteiger partial charge on any atom is -0.497 e. The van der Waals surface area contributed by atoms with Gasteiger partial charge in [-0.15, -0.1) is 0 Å².